The molecule has 5 heteroatoms. The summed E-state index contributed by atoms with van der Waals surface area (Å²) >= 11 is 0. The maximum absolute atomic E-state index is 6.00. The second kappa shape index (κ2) is 8.57. The zero-order valence-corrected chi connectivity index (χ0v) is 20.4. The minimum Gasteiger partial charge on any atom is -0.494 e. The molecule has 0 N–H and O–H groups in total. The van der Waals surface area contributed by atoms with E-state index in [1.807, 2.05) is 0 Å². The molecule has 1 heterocycles. The topological polar surface area (TPSA) is 17.4 Å². The SMILES string of the molecule is CCc1cccc2cc(-c3cc(C(C)(C)C)cc(N(C)SSC)c3OC)n(C)c12. The van der Waals surface area contributed by atoms with Crippen molar-refractivity contribution in [2.75, 3.05) is 24.7 Å². The van der Waals surface area contributed by atoms with Crippen LogP contribution < -0.4 is 9.04 Å². The Morgan fingerprint density at radius 2 is 1.86 bits per heavy atom. The summed E-state index contributed by atoms with van der Waals surface area (Å²) in [5.74, 6) is 0.922. The van der Waals surface area contributed by atoms with Gasteiger partial charge in [-0.1, -0.05) is 56.7 Å². The summed E-state index contributed by atoms with van der Waals surface area (Å²) in [6, 6.07) is 13.5. The average Bonchev–Trinajstić information content (AvgIpc) is 3.03. The molecule has 3 aromatic rings. The molecule has 3 rings (SSSR count). The van der Waals surface area contributed by atoms with Crippen LogP contribution in [0.25, 0.3) is 22.2 Å². The second-order valence-corrected chi connectivity index (χ2v) is 10.8. The van der Waals surface area contributed by atoms with E-state index in [9.17, 15) is 0 Å². The van der Waals surface area contributed by atoms with Crippen molar-refractivity contribution < 1.29 is 4.74 Å². The Kier molecular flexibility index (Phi) is 6.49. The molecule has 0 aliphatic heterocycles. The predicted molar refractivity (Wildman–Crippen MR) is 132 cm³/mol. The standard InChI is InChI=1S/C24H32N2OS2/c1-9-16-11-10-12-17-13-20(25(5)22(16)17)19-14-18(24(2,3)4)15-21(23(19)27-7)26(6)29-28-8/h10-15H,9H2,1-8H3. The number of hydrogen-bond acceptors (Lipinski definition) is 4. The molecule has 0 amide bonds. The Bertz CT molecular complexity index is 1020. The minimum atomic E-state index is 0.0415. The van der Waals surface area contributed by atoms with Crippen LogP contribution in [0.2, 0.25) is 0 Å². The van der Waals surface area contributed by atoms with Gasteiger partial charge in [-0.2, -0.15) is 0 Å². The van der Waals surface area contributed by atoms with Gasteiger partial charge >= 0.3 is 0 Å². The number of hydrogen-bond donors (Lipinski definition) is 0. The van der Waals surface area contributed by atoms with Crippen LogP contribution >= 0.6 is 21.8 Å². The van der Waals surface area contributed by atoms with Crippen LogP contribution in [0.4, 0.5) is 5.69 Å². The predicted octanol–water partition coefficient (Wildman–Crippen LogP) is 7.08. The highest BCUT2D eigenvalue weighted by molar-refractivity contribution is 8.76. The molecule has 0 aliphatic carbocycles. The first kappa shape index (κ1) is 22.0. The third kappa shape index (κ3) is 4.13. The molecule has 0 aliphatic rings. The number of rotatable bonds is 6. The van der Waals surface area contributed by atoms with Gasteiger partial charge in [-0.15, -0.1) is 0 Å². The van der Waals surface area contributed by atoms with Crippen LogP contribution in [0.1, 0.15) is 38.8 Å². The van der Waals surface area contributed by atoms with Crippen molar-refractivity contribution in [2.24, 2.45) is 7.05 Å². The normalized spacial score (nSPS) is 11.9. The van der Waals surface area contributed by atoms with Crippen molar-refractivity contribution >= 4 is 38.4 Å². The largest absolute Gasteiger partial charge is 0.494 e. The van der Waals surface area contributed by atoms with E-state index in [0.29, 0.717) is 0 Å². The lowest BCUT2D eigenvalue weighted by molar-refractivity contribution is 0.417. The first-order valence-corrected chi connectivity index (χ1v) is 12.5. The van der Waals surface area contributed by atoms with Crippen LogP contribution in [0, 0.1) is 0 Å². The molecule has 0 radical (unpaired) electrons. The zero-order valence-electron chi connectivity index (χ0n) is 18.8. The van der Waals surface area contributed by atoms with E-state index < -0.39 is 0 Å². The summed E-state index contributed by atoms with van der Waals surface area (Å²) in [7, 11) is 9.49. The van der Waals surface area contributed by atoms with Gasteiger partial charge in [0.25, 0.3) is 0 Å². The van der Waals surface area contributed by atoms with E-state index in [4.69, 9.17) is 4.74 Å². The van der Waals surface area contributed by atoms with Gasteiger partial charge < -0.3 is 13.6 Å². The fourth-order valence-corrected chi connectivity index (χ4v) is 5.23. The summed E-state index contributed by atoms with van der Waals surface area (Å²) in [5, 5.41) is 1.28. The lowest BCUT2D eigenvalue weighted by Gasteiger charge is -2.27. The fraction of sp³-hybridized carbons (Fsp3) is 0.417. The minimum absolute atomic E-state index is 0.0415. The number of aryl methyl sites for hydroxylation is 2. The Morgan fingerprint density at radius 1 is 1.14 bits per heavy atom. The van der Waals surface area contributed by atoms with Crippen molar-refractivity contribution in [1.29, 1.82) is 0 Å². The summed E-state index contributed by atoms with van der Waals surface area (Å²) < 4.78 is 10.5. The molecule has 1 aromatic heterocycles. The summed E-state index contributed by atoms with van der Waals surface area (Å²) in [6.45, 7) is 9.01. The second-order valence-electron chi connectivity index (χ2n) is 8.36. The Hall–Kier alpha value is -1.72. The van der Waals surface area contributed by atoms with Gasteiger partial charge in [0.1, 0.15) is 0 Å². The summed E-state index contributed by atoms with van der Waals surface area (Å²) in [4.78, 5) is 0. The van der Waals surface area contributed by atoms with Gasteiger partial charge in [0, 0.05) is 36.0 Å². The van der Waals surface area contributed by atoms with Gasteiger partial charge in [-0.25, -0.2) is 0 Å². The highest BCUT2D eigenvalue weighted by atomic mass is 33.1. The van der Waals surface area contributed by atoms with E-state index in [1.165, 1.54) is 27.7 Å². The zero-order chi connectivity index (χ0) is 21.3. The van der Waals surface area contributed by atoms with E-state index in [1.54, 1.807) is 28.9 Å². The molecular weight excluding hydrogens is 396 g/mol. The van der Waals surface area contributed by atoms with Crippen molar-refractivity contribution in [3.8, 4) is 17.0 Å². The van der Waals surface area contributed by atoms with Gasteiger partial charge in [0.15, 0.2) is 5.75 Å². The Morgan fingerprint density at radius 3 is 2.45 bits per heavy atom. The first-order valence-electron chi connectivity index (χ1n) is 9.97. The van der Waals surface area contributed by atoms with E-state index >= 15 is 0 Å². The average molecular weight is 429 g/mol. The lowest BCUT2D eigenvalue weighted by Crippen LogP contribution is -2.15. The molecule has 0 bridgehead atoms. The maximum atomic E-state index is 6.00. The highest BCUT2D eigenvalue weighted by Crippen LogP contribution is 2.45. The number of benzene rings is 2. The van der Waals surface area contributed by atoms with Crippen LogP contribution in [0.3, 0.4) is 0 Å². The number of anilines is 1. The fourth-order valence-electron chi connectivity index (χ4n) is 3.88. The van der Waals surface area contributed by atoms with Crippen molar-refractivity contribution in [1.82, 2.24) is 4.57 Å². The molecule has 0 fully saturated rings. The van der Waals surface area contributed by atoms with Crippen LogP contribution in [0.15, 0.2) is 36.4 Å². The smallest absolute Gasteiger partial charge is 0.152 e. The lowest BCUT2D eigenvalue weighted by atomic mass is 9.85. The first-order chi connectivity index (χ1) is 13.7. The van der Waals surface area contributed by atoms with E-state index in [0.717, 1.165) is 23.4 Å². The van der Waals surface area contributed by atoms with Gasteiger partial charge in [0.2, 0.25) is 0 Å². The van der Waals surface area contributed by atoms with Crippen molar-refractivity contribution in [3.63, 3.8) is 0 Å². The van der Waals surface area contributed by atoms with E-state index in [-0.39, 0.29) is 5.41 Å². The van der Waals surface area contributed by atoms with Crippen LogP contribution in [-0.4, -0.2) is 25.0 Å². The molecule has 0 saturated carbocycles. The number of aromatic nitrogens is 1. The van der Waals surface area contributed by atoms with Gasteiger partial charge in [-0.05, 0) is 47.4 Å². The Balaban J connectivity index is 2.35. The monoisotopic (exact) mass is 428 g/mol. The maximum Gasteiger partial charge on any atom is 0.152 e. The van der Waals surface area contributed by atoms with Crippen molar-refractivity contribution in [2.45, 2.75) is 39.5 Å². The number of para-hydroxylation sites is 1. The Labute approximate surface area is 183 Å². The summed E-state index contributed by atoms with van der Waals surface area (Å²) in [5.41, 5.74) is 7.46. The molecular formula is C24H32N2OS2. The molecule has 0 unspecified atom stereocenters. The van der Waals surface area contributed by atoms with Crippen molar-refractivity contribution in [3.05, 3.63) is 47.5 Å². The highest BCUT2D eigenvalue weighted by Gasteiger charge is 2.24. The molecule has 3 nitrogen and oxygen atoms in total. The molecule has 2 aromatic carbocycles. The van der Waals surface area contributed by atoms with Gasteiger partial charge in [-0.3, -0.25) is 0 Å². The third-order valence-corrected chi connectivity index (χ3v) is 7.15. The quantitative estimate of drug-likeness (QED) is 0.308. The van der Waals surface area contributed by atoms with E-state index in [2.05, 4.69) is 93.3 Å². The summed E-state index contributed by atoms with van der Waals surface area (Å²) in [6.07, 6.45) is 3.12. The molecule has 156 valence electrons. The van der Waals surface area contributed by atoms with Crippen LogP contribution in [-0.2, 0) is 18.9 Å². The van der Waals surface area contributed by atoms with Gasteiger partial charge in [0.05, 0.1) is 24.0 Å². The molecule has 29 heavy (non-hydrogen) atoms. The number of fused-ring (bicyclic) bond motifs is 1. The number of methoxy groups -OCH3 is 1. The molecule has 0 spiro atoms. The number of nitrogens with zero attached hydrogens (tertiary/aromatic N) is 2. The molecule has 0 atom stereocenters. The third-order valence-electron chi connectivity index (χ3n) is 5.46. The molecule has 0 saturated heterocycles. The number of ether oxygens (including phenoxy) is 1. The van der Waals surface area contributed by atoms with Crippen LogP contribution in [0.5, 0.6) is 5.75 Å².